The monoisotopic (exact) mass is 677 g/mol. The molecule has 0 amide bonds. The van der Waals surface area contributed by atoms with E-state index in [0.717, 1.165) is 50.5 Å². The maximum Gasteiger partial charge on any atom is 0.309 e. The van der Waals surface area contributed by atoms with Crippen molar-refractivity contribution in [1.29, 1.82) is 0 Å². The number of Topliss-reactive ketones (excluding diaryl/α,β-unsaturated/α-hetero) is 1. The minimum absolute atomic E-state index is 0.00139. The van der Waals surface area contributed by atoms with Gasteiger partial charge in [-0.25, -0.2) is 0 Å². The number of hydrogen-bond donors (Lipinski definition) is 0. The van der Waals surface area contributed by atoms with E-state index < -0.39 is 5.60 Å². The summed E-state index contributed by atoms with van der Waals surface area (Å²) in [5, 5.41) is 0. The lowest BCUT2D eigenvalue weighted by Crippen LogP contribution is -2.63. The Balaban J connectivity index is 1.41. The molecule has 3 fully saturated rings. The molecule has 7 atom stereocenters. The van der Waals surface area contributed by atoms with Gasteiger partial charge in [-0.2, -0.15) is 0 Å². The molecule has 5 aliphatic rings. The fourth-order valence-electron chi connectivity index (χ4n) is 12.4. The molecule has 5 nitrogen and oxygen atoms in total. The fourth-order valence-corrected chi connectivity index (χ4v) is 12.4. The molecule has 1 unspecified atom stereocenters. The van der Waals surface area contributed by atoms with E-state index in [4.69, 9.17) is 9.47 Å². The van der Waals surface area contributed by atoms with Crippen molar-refractivity contribution in [1.82, 2.24) is 0 Å². The first-order chi connectivity index (χ1) is 22.8. The first kappa shape index (κ1) is 38.1. The third-order valence-electron chi connectivity index (χ3n) is 14.6. The molecule has 5 aliphatic carbocycles. The molecule has 0 saturated heterocycles. The van der Waals surface area contributed by atoms with E-state index in [1.54, 1.807) is 0 Å². The van der Waals surface area contributed by atoms with Crippen molar-refractivity contribution in [3.63, 3.8) is 0 Å². The third kappa shape index (κ3) is 6.79. The van der Waals surface area contributed by atoms with Gasteiger partial charge in [-0.05, 0) is 160 Å². The van der Waals surface area contributed by atoms with E-state index in [2.05, 4.69) is 60.6 Å². The summed E-state index contributed by atoms with van der Waals surface area (Å²) < 4.78 is 10.9. The highest BCUT2D eigenvalue weighted by Crippen LogP contribution is 2.74. The van der Waals surface area contributed by atoms with Gasteiger partial charge in [0.05, 0.1) is 18.9 Å². The average molecular weight is 677 g/mol. The number of rotatable bonds is 8. The quantitative estimate of drug-likeness (QED) is 0.189. The zero-order chi connectivity index (χ0) is 36.2. The highest BCUT2D eigenvalue weighted by Gasteiger charge is 2.66. The summed E-state index contributed by atoms with van der Waals surface area (Å²) in [6.07, 6.45) is 17.3. The second-order valence-electron chi connectivity index (χ2n) is 19.1. The standard InChI is InChI=1S/C44H68O5/c1-12-48-39(47)30-17-15-29(16-18-30)32-23-26-42(9)35(41(32,7)8)24-27-44(11)36(42)21-19-33-31(14-13-25-43(33,44)10)38(28(2)3)34(45)20-22-37(46)49-40(4,5)6/h15,23,28,30,33,35-36H,12-14,16-22,24-27H2,1-11H3/b38-31+/t30?,33-,35+,36-,42+,43-,44-/m1/s1. The van der Waals surface area contributed by atoms with Crippen LogP contribution in [0, 0.1) is 51.2 Å². The molecule has 0 bridgehead atoms. The smallest absolute Gasteiger partial charge is 0.309 e. The maximum absolute atomic E-state index is 13.9. The molecule has 0 N–H and O–H groups in total. The van der Waals surface area contributed by atoms with Gasteiger partial charge in [-0.15, -0.1) is 0 Å². The largest absolute Gasteiger partial charge is 0.466 e. The number of esters is 2. The van der Waals surface area contributed by atoms with E-state index in [1.165, 1.54) is 42.4 Å². The molecular weight excluding hydrogens is 608 g/mol. The molecular formula is C44H68O5. The second-order valence-corrected chi connectivity index (χ2v) is 19.1. The van der Waals surface area contributed by atoms with Crippen LogP contribution in [0.4, 0.5) is 0 Å². The minimum Gasteiger partial charge on any atom is -0.466 e. The SMILES string of the molecule is CCOC(=O)C1CC=C(C2=CC[C@]3(C)[C@H]4CC[C@@H]5/C(=C(/C(=O)CCC(=O)OC(C)(C)C)C(C)C)CCC[C@@]5(C)[C@]4(C)CC[C@H]3C2(C)C)CC1. The van der Waals surface area contributed by atoms with Gasteiger partial charge < -0.3 is 9.47 Å². The van der Waals surface area contributed by atoms with E-state index in [0.29, 0.717) is 24.4 Å². The molecule has 274 valence electrons. The molecule has 5 rings (SSSR count). The Morgan fingerprint density at radius 2 is 1.59 bits per heavy atom. The van der Waals surface area contributed by atoms with Crippen LogP contribution in [0.5, 0.6) is 0 Å². The van der Waals surface area contributed by atoms with Gasteiger partial charge in [0.2, 0.25) is 0 Å². The van der Waals surface area contributed by atoms with Crippen molar-refractivity contribution in [2.24, 2.45) is 51.2 Å². The van der Waals surface area contributed by atoms with Crippen LogP contribution in [0.15, 0.2) is 34.4 Å². The molecule has 0 aliphatic heterocycles. The van der Waals surface area contributed by atoms with Gasteiger partial charge in [-0.1, -0.05) is 66.2 Å². The van der Waals surface area contributed by atoms with E-state index >= 15 is 0 Å². The van der Waals surface area contributed by atoms with Crippen molar-refractivity contribution < 1.29 is 23.9 Å². The lowest BCUT2D eigenvalue weighted by atomic mass is 9.34. The van der Waals surface area contributed by atoms with Crippen LogP contribution in [-0.4, -0.2) is 29.9 Å². The number of carbonyl (C=O) groups excluding carboxylic acids is 3. The Morgan fingerprint density at radius 1 is 0.878 bits per heavy atom. The van der Waals surface area contributed by atoms with Crippen LogP contribution in [0.25, 0.3) is 0 Å². The molecule has 0 spiro atoms. The van der Waals surface area contributed by atoms with Gasteiger partial charge in [0.1, 0.15) is 5.60 Å². The number of carbonyl (C=O) groups is 3. The summed E-state index contributed by atoms with van der Waals surface area (Å²) >= 11 is 0. The summed E-state index contributed by atoms with van der Waals surface area (Å²) in [5.74, 6) is 1.65. The van der Waals surface area contributed by atoms with Crippen LogP contribution in [0.1, 0.15) is 160 Å². The summed E-state index contributed by atoms with van der Waals surface area (Å²) in [4.78, 5) is 39.0. The molecule has 0 aromatic rings. The van der Waals surface area contributed by atoms with Gasteiger partial charge in [0.25, 0.3) is 0 Å². The summed E-state index contributed by atoms with van der Waals surface area (Å²) in [5.41, 5.74) is 5.55. The van der Waals surface area contributed by atoms with Crippen molar-refractivity contribution in [2.45, 2.75) is 165 Å². The third-order valence-corrected chi connectivity index (χ3v) is 14.6. The number of hydrogen-bond acceptors (Lipinski definition) is 5. The molecule has 3 saturated carbocycles. The van der Waals surface area contributed by atoms with Crippen molar-refractivity contribution >= 4 is 17.7 Å². The highest BCUT2D eigenvalue weighted by molar-refractivity contribution is 5.98. The fraction of sp³-hybridized carbons (Fsp3) is 0.795. The van der Waals surface area contributed by atoms with Crippen molar-refractivity contribution in [3.8, 4) is 0 Å². The van der Waals surface area contributed by atoms with Crippen molar-refractivity contribution in [3.05, 3.63) is 34.4 Å². The van der Waals surface area contributed by atoms with Crippen LogP contribution in [0.2, 0.25) is 0 Å². The summed E-state index contributed by atoms with van der Waals surface area (Å²) in [6.45, 7) is 25.2. The Kier molecular flexibility index (Phi) is 10.7. The predicted octanol–water partition coefficient (Wildman–Crippen LogP) is 10.9. The Bertz CT molecular complexity index is 1400. The molecule has 0 aromatic heterocycles. The number of allylic oxidation sites excluding steroid dienone is 6. The van der Waals surface area contributed by atoms with E-state index in [9.17, 15) is 14.4 Å². The predicted molar refractivity (Wildman–Crippen MR) is 198 cm³/mol. The van der Waals surface area contributed by atoms with Crippen LogP contribution < -0.4 is 0 Å². The Morgan fingerprint density at radius 3 is 2.20 bits per heavy atom. The number of fused-ring (bicyclic) bond motifs is 5. The lowest BCUT2D eigenvalue weighted by molar-refractivity contribution is -0.193. The molecule has 0 radical (unpaired) electrons. The highest BCUT2D eigenvalue weighted by atomic mass is 16.6. The van der Waals surface area contributed by atoms with Crippen LogP contribution in [-0.2, 0) is 23.9 Å². The normalized spacial score (nSPS) is 36.7. The number of ether oxygens (including phenoxy) is 2. The topological polar surface area (TPSA) is 69.7 Å². The minimum atomic E-state index is -0.540. The first-order valence-corrected chi connectivity index (χ1v) is 19.8. The number of ketones is 1. The maximum atomic E-state index is 13.9. The molecule has 0 aromatic carbocycles. The van der Waals surface area contributed by atoms with Gasteiger partial charge in [0.15, 0.2) is 5.78 Å². The Labute approximate surface area is 298 Å². The first-order valence-electron chi connectivity index (χ1n) is 19.8. The summed E-state index contributed by atoms with van der Waals surface area (Å²) in [6, 6.07) is 0. The van der Waals surface area contributed by atoms with Crippen molar-refractivity contribution in [2.75, 3.05) is 6.61 Å². The van der Waals surface area contributed by atoms with E-state index in [1.807, 2.05) is 27.7 Å². The lowest BCUT2D eigenvalue weighted by Gasteiger charge is -2.70. The summed E-state index contributed by atoms with van der Waals surface area (Å²) in [7, 11) is 0. The van der Waals surface area contributed by atoms with Gasteiger partial charge in [-0.3, -0.25) is 14.4 Å². The second kappa shape index (κ2) is 13.8. The van der Waals surface area contributed by atoms with Gasteiger partial charge >= 0.3 is 11.9 Å². The zero-order valence-corrected chi connectivity index (χ0v) is 33.0. The molecule has 49 heavy (non-hydrogen) atoms. The zero-order valence-electron chi connectivity index (χ0n) is 33.0. The molecule has 5 heteroatoms. The molecule has 0 heterocycles. The van der Waals surface area contributed by atoms with Crippen LogP contribution in [0.3, 0.4) is 0 Å². The van der Waals surface area contributed by atoms with E-state index in [-0.39, 0.29) is 64.1 Å². The van der Waals surface area contributed by atoms with Crippen LogP contribution >= 0.6 is 0 Å². The Hall–Kier alpha value is -2.17. The van der Waals surface area contributed by atoms with Gasteiger partial charge in [0, 0.05) is 6.42 Å². The average Bonchev–Trinajstić information content (AvgIpc) is 2.99.